The zero-order valence-electron chi connectivity index (χ0n) is 9.72. The number of rotatable bonds is 5. The van der Waals surface area contributed by atoms with Crippen molar-refractivity contribution in [1.82, 2.24) is 4.90 Å². The van der Waals surface area contributed by atoms with E-state index in [1.54, 1.807) is 0 Å². The van der Waals surface area contributed by atoms with E-state index in [1.807, 2.05) is 6.92 Å². The summed E-state index contributed by atoms with van der Waals surface area (Å²) in [6.07, 6.45) is 2.00. The van der Waals surface area contributed by atoms with Crippen molar-refractivity contribution in [1.29, 1.82) is 0 Å². The predicted octanol–water partition coefficient (Wildman–Crippen LogP) is 0.229. The topological polar surface area (TPSA) is 52.9 Å². The quantitative estimate of drug-likeness (QED) is 0.692. The van der Waals surface area contributed by atoms with Crippen LogP contribution in [-0.4, -0.2) is 59.7 Å². The SMILES string of the molecule is CC(O)C(C)N1CCC(OCCO)CC1. The first-order valence-electron chi connectivity index (χ1n) is 5.79. The Hall–Kier alpha value is -0.160. The Morgan fingerprint density at radius 1 is 1.33 bits per heavy atom. The molecular formula is C11H23NO3. The summed E-state index contributed by atoms with van der Waals surface area (Å²) in [5.74, 6) is 0. The summed E-state index contributed by atoms with van der Waals surface area (Å²) < 4.78 is 5.48. The molecule has 1 heterocycles. The molecule has 1 saturated heterocycles. The Labute approximate surface area is 91.8 Å². The highest BCUT2D eigenvalue weighted by atomic mass is 16.5. The lowest BCUT2D eigenvalue weighted by atomic mass is 10.0. The van der Waals surface area contributed by atoms with Crippen LogP contribution in [0.3, 0.4) is 0 Å². The Kier molecular flexibility index (Phi) is 5.53. The third kappa shape index (κ3) is 4.07. The minimum atomic E-state index is -0.278. The summed E-state index contributed by atoms with van der Waals surface area (Å²) in [4.78, 5) is 2.30. The third-order valence-electron chi connectivity index (χ3n) is 3.20. The van der Waals surface area contributed by atoms with E-state index in [9.17, 15) is 5.11 Å². The second kappa shape index (κ2) is 6.43. The van der Waals surface area contributed by atoms with E-state index in [1.165, 1.54) is 0 Å². The van der Waals surface area contributed by atoms with Crippen LogP contribution >= 0.6 is 0 Å². The van der Waals surface area contributed by atoms with Gasteiger partial charge in [-0.05, 0) is 26.7 Å². The van der Waals surface area contributed by atoms with Gasteiger partial charge in [0.1, 0.15) is 0 Å². The van der Waals surface area contributed by atoms with E-state index >= 15 is 0 Å². The van der Waals surface area contributed by atoms with Gasteiger partial charge in [0.05, 0.1) is 25.4 Å². The molecule has 0 radical (unpaired) electrons. The molecule has 0 amide bonds. The van der Waals surface area contributed by atoms with Gasteiger partial charge in [0.2, 0.25) is 0 Å². The minimum absolute atomic E-state index is 0.101. The molecule has 90 valence electrons. The Balaban J connectivity index is 2.23. The molecule has 15 heavy (non-hydrogen) atoms. The van der Waals surface area contributed by atoms with Crippen LogP contribution in [0.4, 0.5) is 0 Å². The van der Waals surface area contributed by atoms with Gasteiger partial charge < -0.3 is 14.9 Å². The maximum atomic E-state index is 9.47. The molecule has 2 N–H and O–H groups in total. The molecule has 0 aromatic heterocycles. The van der Waals surface area contributed by atoms with Gasteiger partial charge in [-0.2, -0.15) is 0 Å². The fraction of sp³-hybridized carbons (Fsp3) is 1.00. The van der Waals surface area contributed by atoms with Gasteiger partial charge in [-0.25, -0.2) is 0 Å². The Morgan fingerprint density at radius 3 is 2.40 bits per heavy atom. The summed E-state index contributed by atoms with van der Waals surface area (Å²) in [5, 5.41) is 18.1. The van der Waals surface area contributed by atoms with Crippen molar-refractivity contribution >= 4 is 0 Å². The van der Waals surface area contributed by atoms with Gasteiger partial charge in [0.25, 0.3) is 0 Å². The van der Waals surface area contributed by atoms with Gasteiger partial charge in [-0.15, -0.1) is 0 Å². The molecule has 2 atom stereocenters. The first-order chi connectivity index (χ1) is 7.15. The summed E-state index contributed by atoms with van der Waals surface area (Å²) in [6.45, 7) is 6.38. The number of aliphatic hydroxyl groups excluding tert-OH is 2. The van der Waals surface area contributed by atoms with E-state index in [0.717, 1.165) is 25.9 Å². The largest absolute Gasteiger partial charge is 0.394 e. The average molecular weight is 217 g/mol. The number of hydrogen-bond acceptors (Lipinski definition) is 4. The standard InChI is InChI=1S/C11H23NO3/c1-9(10(2)14)12-5-3-11(4-6-12)15-8-7-13/h9-11,13-14H,3-8H2,1-2H3. The number of likely N-dealkylation sites (tertiary alicyclic amines) is 1. The van der Waals surface area contributed by atoms with Crippen LogP contribution in [0.5, 0.6) is 0 Å². The van der Waals surface area contributed by atoms with E-state index in [0.29, 0.717) is 6.61 Å². The van der Waals surface area contributed by atoms with Crippen LogP contribution in [-0.2, 0) is 4.74 Å². The van der Waals surface area contributed by atoms with Crippen molar-refractivity contribution in [3.8, 4) is 0 Å². The first kappa shape index (κ1) is 12.9. The Bertz CT molecular complexity index is 167. The second-order valence-electron chi connectivity index (χ2n) is 4.31. The molecular weight excluding hydrogens is 194 g/mol. The van der Waals surface area contributed by atoms with Crippen molar-refractivity contribution in [3.05, 3.63) is 0 Å². The molecule has 1 rings (SSSR count). The van der Waals surface area contributed by atoms with Gasteiger partial charge in [-0.3, -0.25) is 4.90 Å². The molecule has 1 aliphatic heterocycles. The minimum Gasteiger partial charge on any atom is -0.394 e. The highest BCUT2D eigenvalue weighted by Gasteiger charge is 2.24. The number of aliphatic hydroxyl groups is 2. The molecule has 2 unspecified atom stereocenters. The monoisotopic (exact) mass is 217 g/mol. The highest BCUT2D eigenvalue weighted by Crippen LogP contribution is 2.17. The fourth-order valence-corrected chi connectivity index (χ4v) is 1.97. The molecule has 0 bridgehead atoms. The Morgan fingerprint density at radius 2 is 1.93 bits per heavy atom. The number of nitrogens with zero attached hydrogens (tertiary/aromatic N) is 1. The molecule has 0 aromatic rings. The molecule has 1 fully saturated rings. The fourth-order valence-electron chi connectivity index (χ4n) is 1.97. The van der Waals surface area contributed by atoms with Crippen molar-refractivity contribution in [2.75, 3.05) is 26.3 Å². The average Bonchev–Trinajstić information content (AvgIpc) is 2.26. The van der Waals surface area contributed by atoms with Crippen molar-refractivity contribution in [2.45, 2.75) is 44.9 Å². The van der Waals surface area contributed by atoms with Crippen LogP contribution in [0, 0.1) is 0 Å². The molecule has 1 aliphatic rings. The number of hydrogen-bond donors (Lipinski definition) is 2. The van der Waals surface area contributed by atoms with Crippen LogP contribution < -0.4 is 0 Å². The van der Waals surface area contributed by atoms with Gasteiger partial charge in [-0.1, -0.05) is 0 Å². The molecule has 4 heteroatoms. The predicted molar refractivity (Wildman–Crippen MR) is 58.8 cm³/mol. The van der Waals surface area contributed by atoms with E-state index in [4.69, 9.17) is 9.84 Å². The molecule has 0 aliphatic carbocycles. The summed E-state index contributed by atoms with van der Waals surface area (Å²) in [5.41, 5.74) is 0. The maximum absolute atomic E-state index is 9.47. The molecule has 0 spiro atoms. The van der Waals surface area contributed by atoms with Gasteiger partial charge in [0.15, 0.2) is 0 Å². The normalized spacial score (nSPS) is 24.0. The molecule has 4 nitrogen and oxygen atoms in total. The lowest BCUT2D eigenvalue weighted by Gasteiger charge is -2.37. The first-order valence-corrected chi connectivity index (χ1v) is 5.79. The maximum Gasteiger partial charge on any atom is 0.0701 e. The highest BCUT2D eigenvalue weighted by molar-refractivity contribution is 4.78. The summed E-state index contributed by atoms with van der Waals surface area (Å²) in [7, 11) is 0. The van der Waals surface area contributed by atoms with E-state index < -0.39 is 0 Å². The lowest BCUT2D eigenvalue weighted by molar-refractivity contribution is -0.0265. The number of ether oxygens (including phenoxy) is 1. The van der Waals surface area contributed by atoms with Crippen LogP contribution in [0.25, 0.3) is 0 Å². The van der Waals surface area contributed by atoms with Crippen molar-refractivity contribution in [2.24, 2.45) is 0 Å². The zero-order chi connectivity index (χ0) is 11.3. The summed E-state index contributed by atoms with van der Waals surface area (Å²) in [6, 6.07) is 0.226. The second-order valence-corrected chi connectivity index (χ2v) is 4.31. The summed E-state index contributed by atoms with van der Waals surface area (Å²) >= 11 is 0. The van der Waals surface area contributed by atoms with E-state index in [2.05, 4.69) is 11.8 Å². The van der Waals surface area contributed by atoms with Crippen LogP contribution in [0.2, 0.25) is 0 Å². The zero-order valence-corrected chi connectivity index (χ0v) is 9.72. The molecule has 0 aromatic carbocycles. The van der Waals surface area contributed by atoms with Crippen LogP contribution in [0.15, 0.2) is 0 Å². The van der Waals surface area contributed by atoms with E-state index in [-0.39, 0.29) is 24.9 Å². The van der Waals surface area contributed by atoms with Crippen molar-refractivity contribution < 1.29 is 14.9 Å². The van der Waals surface area contributed by atoms with Crippen LogP contribution in [0.1, 0.15) is 26.7 Å². The lowest BCUT2D eigenvalue weighted by Crippen LogP contribution is -2.46. The number of piperidine rings is 1. The molecule has 0 saturated carbocycles. The van der Waals surface area contributed by atoms with Gasteiger partial charge in [0, 0.05) is 19.1 Å². The van der Waals surface area contributed by atoms with Gasteiger partial charge >= 0.3 is 0 Å². The smallest absolute Gasteiger partial charge is 0.0701 e. The van der Waals surface area contributed by atoms with Crippen molar-refractivity contribution in [3.63, 3.8) is 0 Å². The third-order valence-corrected chi connectivity index (χ3v) is 3.20.